The number of phosphoric ester groups is 1. The molecule has 3 aliphatic rings. The molecular formula is C8H12NO10P. The molecular weight excluding hydrogens is 301 g/mol. The van der Waals surface area contributed by atoms with Gasteiger partial charge in [0.05, 0.1) is 6.61 Å². The van der Waals surface area contributed by atoms with Gasteiger partial charge in [0, 0.05) is 6.92 Å². The number of rotatable bonds is 2. The van der Waals surface area contributed by atoms with E-state index in [-0.39, 0.29) is 0 Å². The lowest BCUT2D eigenvalue weighted by atomic mass is 9.87. The summed E-state index contributed by atoms with van der Waals surface area (Å²) in [6.45, 7) is 0.191. The fourth-order valence-corrected chi connectivity index (χ4v) is 4.28. The van der Waals surface area contributed by atoms with Crippen LogP contribution < -0.4 is 5.32 Å². The lowest BCUT2D eigenvalue weighted by molar-refractivity contribution is -0.487. The fraction of sp³-hybridized carbons (Fsp3) is 0.875. The van der Waals surface area contributed by atoms with E-state index in [0.29, 0.717) is 0 Å². The van der Waals surface area contributed by atoms with Crippen LogP contribution in [-0.2, 0) is 27.7 Å². The Hall–Kier alpha value is -0.620. The maximum atomic E-state index is 12.0. The van der Waals surface area contributed by atoms with Crippen LogP contribution in [0.3, 0.4) is 0 Å². The molecule has 0 aromatic carbocycles. The molecule has 0 spiro atoms. The first kappa shape index (κ1) is 14.3. The minimum Gasteiger partial charge on any atom is -0.394 e. The van der Waals surface area contributed by atoms with Gasteiger partial charge in [-0.2, -0.15) is 0 Å². The predicted molar refractivity (Wildman–Crippen MR) is 55.3 cm³/mol. The van der Waals surface area contributed by atoms with Gasteiger partial charge >= 0.3 is 13.8 Å². The molecule has 11 nitrogen and oxygen atoms in total. The van der Waals surface area contributed by atoms with Gasteiger partial charge < -0.3 is 30.5 Å². The average molecular weight is 313 g/mol. The Balaban J connectivity index is 2.16. The second-order valence-corrected chi connectivity index (χ2v) is 6.09. The van der Waals surface area contributed by atoms with Crippen LogP contribution in [0, 0.1) is 0 Å². The topological polar surface area (TPSA) is 164 Å². The minimum absolute atomic E-state index is 0.817. The summed E-state index contributed by atoms with van der Waals surface area (Å²) in [5.74, 6) is -6.54. The molecule has 0 aromatic heterocycles. The Morgan fingerprint density at radius 1 is 1.35 bits per heavy atom. The van der Waals surface area contributed by atoms with Crippen LogP contribution in [0.2, 0.25) is 0 Å². The molecule has 0 radical (unpaired) electrons. The third-order valence-electron chi connectivity index (χ3n) is 3.28. The van der Waals surface area contributed by atoms with Gasteiger partial charge in [0.15, 0.2) is 0 Å². The average Bonchev–Trinajstić information content (AvgIpc) is 2.66. The number of aliphatic hydroxyl groups excluding tert-OH is 2. The lowest BCUT2D eigenvalue weighted by Gasteiger charge is -2.53. The Morgan fingerprint density at radius 3 is 2.55 bits per heavy atom. The second kappa shape index (κ2) is 3.77. The van der Waals surface area contributed by atoms with Gasteiger partial charge in [-0.1, -0.05) is 0 Å². The molecule has 12 heteroatoms. The molecule has 3 rings (SSSR count). The van der Waals surface area contributed by atoms with E-state index in [2.05, 4.69) is 9.05 Å². The fourth-order valence-electron chi connectivity index (χ4n) is 2.49. The molecule has 3 fully saturated rings. The smallest absolute Gasteiger partial charge is 0.394 e. The normalized spacial score (nSPS) is 56.9. The molecule has 5 N–H and O–H groups in total. The molecule has 6 atom stereocenters. The standard InChI is InChI=1S/C8H12NO10P/c1-3(11)9-7-6(13)5(12)4(2-10)16-8(7,14)19-20(15,17-6)18-7/h4-5,10,12-14H,2H2,1H3,(H,9,11)/t4-,5-,6-,7+,8-,20?/m1/s1. The van der Waals surface area contributed by atoms with Crippen molar-refractivity contribution < 1.29 is 48.1 Å². The summed E-state index contributed by atoms with van der Waals surface area (Å²) in [5, 5.41) is 41.6. The summed E-state index contributed by atoms with van der Waals surface area (Å²) in [6.07, 6.45) is -3.50. The Kier molecular flexibility index (Phi) is 2.70. The Labute approximate surface area is 111 Å². The summed E-state index contributed by atoms with van der Waals surface area (Å²) in [5.41, 5.74) is -2.65. The molecule has 0 aromatic rings. The number of phosphoric acid groups is 1. The van der Waals surface area contributed by atoms with E-state index in [0.717, 1.165) is 6.92 Å². The highest BCUT2D eigenvalue weighted by Crippen LogP contribution is 2.76. The van der Waals surface area contributed by atoms with Crippen LogP contribution in [0.4, 0.5) is 0 Å². The third kappa shape index (κ3) is 1.42. The lowest BCUT2D eigenvalue weighted by Crippen LogP contribution is -2.83. The molecule has 3 heterocycles. The van der Waals surface area contributed by atoms with E-state index < -0.39 is 50.0 Å². The summed E-state index contributed by atoms with van der Waals surface area (Å²) in [7, 11) is -4.46. The van der Waals surface area contributed by atoms with Gasteiger partial charge in [-0.3, -0.25) is 4.79 Å². The molecule has 3 aliphatic heterocycles. The zero-order valence-corrected chi connectivity index (χ0v) is 10.9. The zero-order valence-electron chi connectivity index (χ0n) is 10.0. The molecule has 114 valence electrons. The first-order chi connectivity index (χ1) is 9.11. The number of carbonyl (C=O) groups excluding carboxylic acids is 1. The van der Waals surface area contributed by atoms with Crippen LogP contribution in [0.1, 0.15) is 6.92 Å². The number of carbonyl (C=O) groups is 1. The van der Waals surface area contributed by atoms with Gasteiger partial charge in [0.2, 0.25) is 5.91 Å². The monoisotopic (exact) mass is 313 g/mol. The number of amides is 1. The van der Waals surface area contributed by atoms with E-state index in [1.54, 1.807) is 0 Å². The summed E-state index contributed by atoms with van der Waals surface area (Å²) in [4.78, 5) is 11.3. The Bertz CT molecular complexity index is 527. The molecule has 3 saturated heterocycles. The minimum atomic E-state index is -4.46. The van der Waals surface area contributed by atoms with Gasteiger partial charge in [0.1, 0.15) is 12.2 Å². The zero-order chi connectivity index (χ0) is 15.0. The number of hydrogen-bond acceptors (Lipinski definition) is 10. The maximum Gasteiger partial charge on any atom is 0.484 e. The van der Waals surface area contributed by atoms with Gasteiger partial charge in [0.25, 0.3) is 11.5 Å². The molecule has 20 heavy (non-hydrogen) atoms. The largest absolute Gasteiger partial charge is 0.484 e. The first-order valence-corrected chi connectivity index (χ1v) is 7.00. The van der Waals surface area contributed by atoms with Crippen molar-refractivity contribution in [3.8, 4) is 0 Å². The number of hydrogen-bond donors (Lipinski definition) is 5. The van der Waals surface area contributed by atoms with Crippen molar-refractivity contribution in [1.82, 2.24) is 5.32 Å². The third-order valence-corrected chi connectivity index (χ3v) is 4.75. The van der Waals surface area contributed by atoms with E-state index in [1.165, 1.54) is 0 Å². The first-order valence-electron chi connectivity index (χ1n) is 5.54. The highest BCUT2D eigenvalue weighted by molar-refractivity contribution is 7.49. The molecule has 1 amide bonds. The number of ether oxygens (including phenoxy) is 1. The molecule has 2 bridgehead atoms. The van der Waals surface area contributed by atoms with E-state index in [9.17, 15) is 24.7 Å². The van der Waals surface area contributed by atoms with Crippen molar-refractivity contribution in [2.24, 2.45) is 0 Å². The summed E-state index contributed by atoms with van der Waals surface area (Å²) < 4.78 is 30.9. The molecule has 1 unspecified atom stereocenters. The van der Waals surface area contributed by atoms with Crippen molar-refractivity contribution in [2.45, 2.75) is 36.6 Å². The van der Waals surface area contributed by atoms with Crippen LogP contribution in [-0.4, -0.2) is 62.6 Å². The molecule has 0 aliphatic carbocycles. The van der Waals surface area contributed by atoms with E-state index in [4.69, 9.17) is 14.4 Å². The van der Waals surface area contributed by atoms with Crippen LogP contribution >= 0.6 is 7.82 Å². The van der Waals surface area contributed by atoms with Crippen LogP contribution in [0.25, 0.3) is 0 Å². The van der Waals surface area contributed by atoms with Crippen molar-refractivity contribution in [2.75, 3.05) is 6.61 Å². The number of aliphatic hydroxyl groups is 4. The molecule has 0 saturated carbocycles. The number of fused-ring (bicyclic) bond motifs is 1. The van der Waals surface area contributed by atoms with Crippen LogP contribution in [0.15, 0.2) is 0 Å². The predicted octanol–water partition coefficient (Wildman–Crippen LogP) is -2.91. The summed E-state index contributed by atoms with van der Waals surface area (Å²) in [6, 6.07) is 0. The van der Waals surface area contributed by atoms with E-state index >= 15 is 0 Å². The number of nitrogens with one attached hydrogen (secondary N) is 1. The van der Waals surface area contributed by atoms with Gasteiger partial charge in [-0.15, -0.1) is 0 Å². The van der Waals surface area contributed by atoms with Crippen molar-refractivity contribution in [3.05, 3.63) is 0 Å². The highest BCUT2D eigenvalue weighted by atomic mass is 31.2. The van der Waals surface area contributed by atoms with Crippen molar-refractivity contribution in [3.63, 3.8) is 0 Å². The van der Waals surface area contributed by atoms with E-state index in [1.807, 2.05) is 5.32 Å². The van der Waals surface area contributed by atoms with Gasteiger partial charge in [-0.25, -0.2) is 18.1 Å². The van der Waals surface area contributed by atoms with Crippen molar-refractivity contribution in [1.29, 1.82) is 0 Å². The summed E-state index contributed by atoms with van der Waals surface area (Å²) >= 11 is 0. The van der Waals surface area contributed by atoms with Crippen molar-refractivity contribution >= 4 is 13.7 Å². The van der Waals surface area contributed by atoms with Crippen LogP contribution in [0.5, 0.6) is 0 Å². The highest BCUT2D eigenvalue weighted by Gasteiger charge is 2.90. The maximum absolute atomic E-state index is 12.0. The van der Waals surface area contributed by atoms with Gasteiger partial charge in [-0.05, 0) is 0 Å². The second-order valence-electron chi connectivity index (χ2n) is 4.65. The Morgan fingerprint density at radius 2 is 2.00 bits per heavy atom. The SMILES string of the molecule is CC(=O)N[C@@]12OP3(=O)O[C@]1(O)O[C@H](CO)[C@@H](O)[C@@]2(O)O3. The quantitative estimate of drug-likeness (QED) is 0.334.